The van der Waals surface area contributed by atoms with E-state index < -0.39 is 0 Å². The Morgan fingerprint density at radius 3 is 2.48 bits per heavy atom. The molecule has 0 aliphatic heterocycles. The lowest BCUT2D eigenvalue weighted by Gasteiger charge is -2.18. The van der Waals surface area contributed by atoms with Crippen LogP contribution >= 0.6 is 23.4 Å². The van der Waals surface area contributed by atoms with E-state index >= 15 is 0 Å². The fourth-order valence-corrected chi connectivity index (χ4v) is 3.12. The summed E-state index contributed by atoms with van der Waals surface area (Å²) in [7, 11) is 0. The van der Waals surface area contributed by atoms with E-state index in [0.29, 0.717) is 21.8 Å². The third-order valence-electron chi connectivity index (χ3n) is 3.88. The van der Waals surface area contributed by atoms with Gasteiger partial charge in [-0.15, -0.1) is 10.2 Å². The van der Waals surface area contributed by atoms with Crippen LogP contribution in [0, 0.1) is 0 Å². The topological polar surface area (TPSA) is 68.0 Å². The third kappa shape index (κ3) is 5.11. The predicted molar refractivity (Wildman–Crippen MR) is 109 cm³/mol. The second-order valence-corrected chi connectivity index (χ2v) is 8.35. The summed E-state index contributed by atoms with van der Waals surface area (Å²) in [6, 6.07) is 15.1. The maximum atomic E-state index is 12.1. The number of hydrogen-bond donors (Lipinski definition) is 1. The summed E-state index contributed by atoms with van der Waals surface area (Å²) in [5.41, 5.74) is 2.75. The van der Waals surface area contributed by atoms with Crippen LogP contribution in [0.3, 0.4) is 0 Å². The summed E-state index contributed by atoms with van der Waals surface area (Å²) in [6.07, 6.45) is 0. The van der Waals surface area contributed by atoms with Gasteiger partial charge < -0.3 is 9.73 Å². The molecular formula is C20H20ClN3O2S. The van der Waals surface area contributed by atoms with E-state index in [4.69, 9.17) is 16.0 Å². The number of hydrogen-bond acceptors (Lipinski definition) is 5. The van der Waals surface area contributed by atoms with E-state index in [9.17, 15) is 4.79 Å². The summed E-state index contributed by atoms with van der Waals surface area (Å²) in [4.78, 5) is 12.1. The Kier molecular flexibility index (Phi) is 5.87. The second kappa shape index (κ2) is 8.15. The van der Waals surface area contributed by atoms with Gasteiger partial charge in [0, 0.05) is 5.56 Å². The molecule has 1 N–H and O–H groups in total. The minimum Gasteiger partial charge on any atom is -0.411 e. The first-order valence-electron chi connectivity index (χ1n) is 8.44. The second-order valence-electron chi connectivity index (χ2n) is 7.02. The third-order valence-corrected chi connectivity index (χ3v) is 5.03. The number of aromatic nitrogens is 2. The van der Waals surface area contributed by atoms with E-state index in [1.165, 1.54) is 17.3 Å². The van der Waals surface area contributed by atoms with Crippen molar-refractivity contribution < 1.29 is 9.21 Å². The molecule has 0 atom stereocenters. The molecule has 0 fully saturated rings. The molecule has 5 nitrogen and oxygen atoms in total. The lowest BCUT2D eigenvalue weighted by Crippen LogP contribution is -2.14. The van der Waals surface area contributed by atoms with Crippen molar-refractivity contribution in [3.05, 3.63) is 59.1 Å². The Labute approximate surface area is 167 Å². The number of carbonyl (C=O) groups excluding carboxylic acids is 1. The molecule has 7 heteroatoms. The first-order chi connectivity index (χ1) is 12.8. The Balaban J connectivity index is 1.59. The standard InChI is InChI=1S/C20H20ClN3O2S/c1-20(2,3)14-10-8-13(9-11-14)18-23-24-19(26-18)27-12-17(25)22-16-7-5-4-6-15(16)21/h4-11H,12H2,1-3H3,(H,22,25). The molecule has 1 aromatic heterocycles. The average molecular weight is 402 g/mol. The highest BCUT2D eigenvalue weighted by atomic mass is 35.5. The smallest absolute Gasteiger partial charge is 0.277 e. The summed E-state index contributed by atoms with van der Waals surface area (Å²) < 4.78 is 5.65. The van der Waals surface area contributed by atoms with Crippen molar-refractivity contribution in [3.63, 3.8) is 0 Å². The molecule has 27 heavy (non-hydrogen) atoms. The molecule has 3 aromatic rings. The van der Waals surface area contributed by atoms with Gasteiger partial charge in [0.15, 0.2) is 0 Å². The van der Waals surface area contributed by atoms with Gasteiger partial charge in [-0.2, -0.15) is 0 Å². The number of nitrogens with zero attached hydrogens (tertiary/aromatic N) is 2. The number of benzene rings is 2. The Morgan fingerprint density at radius 1 is 1.11 bits per heavy atom. The lowest BCUT2D eigenvalue weighted by molar-refractivity contribution is -0.113. The number of thioether (sulfide) groups is 1. The molecule has 0 saturated heterocycles. The van der Waals surface area contributed by atoms with Gasteiger partial charge in [-0.25, -0.2) is 0 Å². The summed E-state index contributed by atoms with van der Waals surface area (Å²) >= 11 is 7.21. The summed E-state index contributed by atoms with van der Waals surface area (Å²) in [6.45, 7) is 6.49. The SMILES string of the molecule is CC(C)(C)c1ccc(-c2nnc(SCC(=O)Nc3ccccc3Cl)o2)cc1. The first kappa shape index (κ1) is 19.5. The van der Waals surface area contributed by atoms with Crippen LogP contribution in [0.4, 0.5) is 5.69 Å². The molecule has 0 radical (unpaired) electrons. The van der Waals surface area contributed by atoms with Crippen LogP contribution in [-0.4, -0.2) is 21.9 Å². The highest BCUT2D eigenvalue weighted by Crippen LogP contribution is 2.27. The fraction of sp³-hybridized carbons (Fsp3) is 0.250. The van der Waals surface area contributed by atoms with Crippen LogP contribution in [0.15, 0.2) is 58.2 Å². The largest absolute Gasteiger partial charge is 0.411 e. The van der Waals surface area contributed by atoms with Crippen molar-refractivity contribution in [2.24, 2.45) is 0 Å². The van der Waals surface area contributed by atoms with Crippen LogP contribution < -0.4 is 5.32 Å². The zero-order valence-corrected chi connectivity index (χ0v) is 16.9. The molecule has 1 heterocycles. The average Bonchev–Trinajstić information content (AvgIpc) is 3.10. The molecule has 0 aliphatic rings. The fourth-order valence-electron chi connectivity index (χ4n) is 2.37. The lowest BCUT2D eigenvalue weighted by atomic mass is 9.87. The molecular weight excluding hydrogens is 382 g/mol. The molecule has 3 rings (SSSR count). The molecule has 0 unspecified atom stereocenters. The van der Waals surface area contributed by atoms with Gasteiger partial charge in [0.05, 0.1) is 16.5 Å². The molecule has 0 aliphatic carbocycles. The minimum atomic E-state index is -0.192. The van der Waals surface area contributed by atoms with Crippen molar-refractivity contribution in [2.45, 2.75) is 31.4 Å². The normalized spacial score (nSPS) is 11.4. The van der Waals surface area contributed by atoms with E-state index in [-0.39, 0.29) is 17.1 Å². The van der Waals surface area contributed by atoms with E-state index in [0.717, 1.165) is 5.56 Å². The van der Waals surface area contributed by atoms with E-state index in [1.807, 2.05) is 18.2 Å². The number of nitrogens with one attached hydrogen (secondary N) is 1. The predicted octanol–water partition coefficient (Wildman–Crippen LogP) is 5.42. The highest BCUT2D eigenvalue weighted by Gasteiger charge is 2.15. The van der Waals surface area contributed by atoms with Crippen molar-refractivity contribution in [1.29, 1.82) is 0 Å². The molecule has 2 aromatic carbocycles. The van der Waals surface area contributed by atoms with Gasteiger partial charge in [0.1, 0.15) is 0 Å². The highest BCUT2D eigenvalue weighted by molar-refractivity contribution is 7.99. The van der Waals surface area contributed by atoms with Gasteiger partial charge in [0.2, 0.25) is 11.8 Å². The quantitative estimate of drug-likeness (QED) is 0.578. The minimum absolute atomic E-state index is 0.0867. The molecule has 140 valence electrons. The molecule has 0 spiro atoms. The summed E-state index contributed by atoms with van der Waals surface area (Å²) in [5, 5.41) is 11.7. The van der Waals surface area contributed by atoms with Gasteiger partial charge in [0.25, 0.3) is 5.22 Å². The van der Waals surface area contributed by atoms with Gasteiger partial charge in [-0.05, 0) is 35.2 Å². The van der Waals surface area contributed by atoms with Crippen LogP contribution in [0.25, 0.3) is 11.5 Å². The van der Waals surface area contributed by atoms with Crippen molar-refractivity contribution >= 4 is 35.0 Å². The number of rotatable bonds is 5. The maximum absolute atomic E-state index is 12.1. The first-order valence-corrected chi connectivity index (χ1v) is 9.81. The summed E-state index contributed by atoms with van der Waals surface area (Å²) in [5.74, 6) is 0.391. The Hall–Kier alpha value is -2.31. The van der Waals surface area contributed by atoms with Gasteiger partial charge in [-0.1, -0.05) is 68.4 Å². The number of para-hydroxylation sites is 1. The van der Waals surface area contributed by atoms with E-state index in [1.54, 1.807) is 18.2 Å². The van der Waals surface area contributed by atoms with E-state index in [2.05, 4.69) is 48.4 Å². The number of anilines is 1. The van der Waals surface area contributed by atoms with Crippen molar-refractivity contribution in [2.75, 3.05) is 11.1 Å². The molecule has 0 saturated carbocycles. The number of carbonyl (C=O) groups is 1. The van der Waals surface area contributed by atoms with Crippen LogP contribution in [0.1, 0.15) is 26.3 Å². The Morgan fingerprint density at radius 2 is 1.81 bits per heavy atom. The maximum Gasteiger partial charge on any atom is 0.277 e. The molecule has 0 bridgehead atoms. The van der Waals surface area contributed by atoms with Crippen LogP contribution in [-0.2, 0) is 10.2 Å². The van der Waals surface area contributed by atoms with Crippen LogP contribution in [0.2, 0.25) is 5.02 Å². The zero-order valence-electron chi connectivity index (χ0n) is 15.3. The monoisotopic (exact) mass is 401 g/mol. The van der Waals surface area contributed by atoms with Gasteiger partial charge in [-0.3, -0.25) is 4.79 Å². The van der Waals surface area contributed by atoms with Crippen LogP contribution in [0.5, 0.6) is 0 Å². The molecule has 1 amide bonds. The van der Waals surface area contributed by atoms with Gasteiger partial charge >= 0.3 is 0 Å². The number of amides is 1. The number of halogens is 1. The van der Waals surface area contributed by atoms with Crippen molar-refractivity contribution in [1.82, 2.24) is 10.2 Å². The zero-order chi connectivity index (χ0) is 19.4. The van der Waals surface area contributed by atoms with Crippen molar-refractivity contribution in [3.8, 4) is 11.5 Å². The Bertz CT molecular complexity index is 933.